The van der Waals surface area contributed by atoms with Crippen molar-refractivity contribution in [2.24, 2.45) is 0 Å². The maximum absolute atomic E-state index is 12.3. The van der Waals surface area contributed by atoms with Crippen LogP contribution >= 0.6 is 0 Å². The molecule has 1 saturated carbocycles. The van der Waals surface area contributed by atoms with E-state index >= 15 is 0 Å². The number of hydrogen-bond acceptors (Lipinski definition) is 4. The Kier molecular flexibility index (Phi) is 4.39. The third kappa shape index (κ3) is 3.24. The normalized spacial score (nSPS) is 19.9. The Morgan fingerprint density at radius 3 is 2.57 bits per heavy atom. The van der Waals surface area contributed by atoms with Gasteiger partial charge in [-0.25, -0.2) is 0 Å². The van der Waals surface area contributed by atoms with Gasteiger partial charge in [0.2, 0.25) is 5.91 Å². The predicted molar refractivity (Wildman–Crippen MR) is 86.8 cm³/mol. The van der Waals surface area contributed by atoms with E-state index in [-0.39, 0.29) is 5.91 Å². The number of anilines is 1. The summed E-state index contributed by atoms with van der Waals surface area (Å²) in [6, 6.07) is 5.70. The topological polar surface area (TPSA) is 55.8 Å². The van der Waals surface area contributed by atoms with Gasteiger partial charge in [0.15, 0.2) is 0 Å². The number of aryl methyl sites for hydroxylation is 1. The van der Waals surface area contributed by atoms with E-state index in [1.54, 1.807) is 4.90 Å². The molecule has 2 fully saturated rings. The van der Waals surface area contributed by atoms with E-state index in [1.165, 1.54) is 6.92 Å². The molecule has 1 aliphatic carbocycles. The summed E-state index contributed by atoms with van der Waals surface area (Å²) in [6.45, 7) is 4.45. The molecule has 2 aliphatic rings. The molecule has 1 saturated heterocycles. The molecule has 5 nitrogen and oxygen atoms in total. The molecule has 0 bridgehead atoms. The second-order valence-corrected chi connectivity index (χ2v) is 6.46. The highest BCUT2D eigenvalue weighted by Gasteiger charge is 2.41. The Bertz CT molecular complexity index is 603. The quantitative estimate of drug-likeness (QED) is 0.783. The first-order valence-electron chi connectivity index (χ1n) is 8.18. The van der Waals surface area contributed by atoms with Crippen molar-refractivity contribution in [3.05, 3.63) is 23.8 Å². The first kappa shape index (κ1) is 16.0. The maximum atomic E-state index is 12.3. The molecule has 0 aromatic heterocycles. The highest BCUT2D eigenvalue weighted by atomic mass is 16.5. The molecule has 0 unspecified atom stereocenters. The van der Waals surface area contributed by atoms with Crippen LogP contribution in [0.3, 0.4) is 0 Å². The first-order valence-corrected chi connectivity index (χ1v) is 8.18. The van der Waals surface area contributed by atoms with Crippen LogP contribution in [0.1, 0.15) is 38.2 Å². The highest BCUT2D eigenvalue weighted by Crippen LogP contribution is 2.35. The van der Waals surface area contributed by atoms with E-state index in [2.05, 4.69) is 0 Å². The molecule has 5 heteroatoms. The number of ether oxygens (including phenoxy) is 2. The number of aldehydes is 1. The number of benzene rings is 1. The Morgan fingerprint density at radius 1 is 1.35 bits per heavy atom. The smallest absolute Gasteiger partial charge is 0.224 e. The lowest BCUT2D eigenvalue weighted by Crippen LogP contribution is -2.56. The summed E-state index contributed by atoms with van der Waals surface area (Å²) >= 11 is 0. The molecule has 0 spiro atoms. The van der Waals surface area contributed by atoms with Crippen LogP contribution < -0.4 is 9.64 Å². The van der Waals surface area contributed by atoms with E-state index in [1.807, 2.05) is 25.1 Å². The zero-order chi connectivity index (χ0) is 16.4. The second-order valence-electron chi connectivity index (χ2n) is 6.46. The fourth-order valence-corrected chi connectivity index (χ4v) is 3.14. The van der Waals surface area contributed by atoms with Crippen LogP contribution in [0.25, 0.3) is 0 Å². The van der Waals surface area contributed by atoms with Crippen LogP contribution in [-0.4, -0.2) is 37.0 Å². The minimum absolute atomic E-state index is 0.130. The molecule has 1 aliphatic heterocycles. The minimum Gasteiger partial charge on any atom is -0.490 e. The monoisotopic (exact) mass is 317 g/mol. The van der Waals surface area contributed by atoms with Gasteiger partial charge >= 0.3 is 0 Å². The van der Waals surface area contributed by atoms with Crippen molar-refractivity contribution in [1.29, 1.82) is 0 Å². The van der Waals surface area contributed by atoms with E-state index in [0.717, 1.165) is 36.1 Å². The van der Waals surface area contributed by atoms with Gasteiger partial charge in [-0.3, -0.25) is 9.69 Å². The van der Waals surface area contributed by atoms with Gasteiger partial charge in [-0.05, 0) is 43.5 Å². The Labute approximate surface area is 136 Å². The van der Waals surface area contributed by atoms with Gasteiger partial charge in [0.05, 0.1) is 6.10 Å². The van der Waals surface area contributed by atoms with E-state index < -0.39 is 5.54 Å². The molecule has 23 heavy (non-hydrogen) atoms. The number of carbonyl (C=O) groups excluding carboxylic acids is 2. The number of hydrogen-bond donors (Lipinski definition) is 0. The zero-order valence-electron chi connectivity index (χ0n) is 13.7. The Hall–Kier alpha value is -1.88. The molecule has 0 radical (unpaired) electrons. The van der Waals surface area contributed by atoms with Crippen molar-refractivity contribution in [3.8, 4) is 5.75 Å². The van der Waals surface area contributed by atoms with Gasteiger partial charge in [0, 0.05) is 38.7 Å². The van der Waals surface area contributed by atoms with Crippen molar-refractivity contribution in [1.82, 2.24) is 0 Å². The summed E-state index contributed by atoms with van der Waals surface area (Å²) in [5.41, 5.74) is 0.913. The molecule has 124 valence electrons. The molecule has 1 aromatic carbocycles. The molecule has 3 rings (SSSR count). The van der Waals surface area contributed by atoms with Crippen LogP contribution in [0.15, 0.2) is 18.2 Å². The van der Waals surface area contributed by atoms with Gasteiger partial charge in [-0.15, -0.1) is 0 Å². The lowest BCUT2D eigenvalue weighted by Gasteiger charge is -2.42. The van der Waals surface area contributed by atoms with Gasteiger partial charge in [-0.1, -0.05) is 0 Å². The predicted octanol–water partition coefficient (Wildman–Crippen LogP) is 2.64. The number of amides is 1. The largest absolute Gasteiger partial charge is 0.490 e. The fraction of sp³-hybridized carbons (Fsp3) is 0.556. The standard InChI is InChI=1S/C18H23NO4/c1-13-11-15(3-6-17(13)23-16-4-5-16)19(14(2)21)18(12-20)7-9-22-10-8-18/h3,6,11-12,16H,4-5,7-10H2,1-2H3. The Morgan fingerprint density at radius 2 is 2.04 bits per heavy atom. The lowest BCUT2D eigenvalue weighted by atomic mass is 9.88. The van der Waals surface area contributed by atoms with E-state index in [0.29, 0.717) is 32.2 Å². The summed E-state index contributed by atoms with van der Waals surface area (Å²) in [7, 11) is 0. The van der Waals surface area contributed by atoms with Crippen molar-refractivity contribution in [3.63, 3.8) is 0 Å². The van der Waals surface area contributed by atoms with E-state index in [4.69, 9.17) is 9.47 Å². The maximum Gasteiger partial charge on any atom is 0.224 e. The van der Waals surface area contributed by atoms with Crippen molar-refractivity contribution >= 4 is 17.9 Å². The summed E-state index contributed by atoms with van der Waals surface area (Å²) in [5, 5.41) is 0. The number of carbonyl (C=O) groups is 2. The summed E-state index contributed by atoms with van der Waals surface area (Å²) < 4.78 is 11.2. The van der Waals surface area contributed by atoms with Gasteiger partial charge in [0.1, 0.15) is 17.6 Å². The fourth-order valence-electron chi connectivity index (χ4n) is 3.14. The van der Waals surface area contributed by atoms with Gasteiger partial charge in [0.25, 0.3) is 0 Å². The number of nitrogens with zero attached hydrogens (tertiary/aromatic N) is 1. The third-order valence-corrected chi connectivity index (χ3v) is 4.57. The minimum atomic E-state index is -0.810. The summed E-state index contributed by atoms with van der Waals surface area (Å²) in [4.78, 5) is 25.7. The molecule has 1 heterocycles. The first-order chi connectivity index (χ1) is 11.1. The van der Waals surface area contributed by atoms with Gasteiger partial charge < -0.3 is 14.3 Å². The van der Waals surface area contributed by atoms with Crippen LogP contribution in [0.4, 0.5) is 5.69 Å². The third-order valence-electron chi connectivity index (χ3n) is 4.57. The Balaban J connectivity index is 1.92. The molecule has 0 atom stereocenters. The average molecular weight is 317 g/mol. The highest BCUT2D eigenvalue weighted by molar-refractivity contribution is 5.98. The second kappa shape index (κ2) is 6.32. The zero-order valence-corrected chi connectivity index (χ0v) is 13.7. The molecule has 1 aromatic rings. The van der Waals surface area contributed by atoms with Crippen molar-refractivity contribution < 1.29 is 19.1 Å². The average Bonchev–Trinajstić information content (AvgIpc) is 3.35. The summed E-state index contributed by atoms with van der Waals surface area (Å²) in [6.07, 6.45) is 4.50. The molecule has 0 N–H and O–H groups in total. The van der Waals surface area contributed by atoms with Crippen LogP contribution in [-0.2, 0) is 14.3 Å². The van der Waals surface area contributed by atoms with Crippen LogP contribution in [0.5, 0.6) is 5.75 Å². The van der Waals surface area contributed by atoms with E-state index in [9.17, 15) is 9.59 Å². The lowest BCUT2D eigenvalue weighted by molar-refractivity contribution is -0.124. The molecular weight excluding hydrogens is 294 g/mol. The molecular formula is C18H23NO4. The van der Waals surface area contributed by atoms with Gasteiger partial charge in [-0.2, -0.15) is 0 Å². The van der Waals surface area contributed by atoms with Crippen molar-refractivity contribution in [2.45, 2.75) is 51.2 Å². The van der Waals surface area contributed by atoms with Crippen LogP contribution in [0, 0.1) is 6.92 Å². The SMILES string of the molecule is CC(=O)N(c1ccc(OC2CC2)c(C)c1)C1(C=O)CCOCC1. The van der Waals surface area contributed by atoms with Crippen LogP contribution in [0.2, 0.25) is 0 Å². The summed E-state index contributed by atoms with van der Waals surface area (Å²) in [5.74, 6) is 0.723. The molecule has 1 amide bonds. The van der Waals surface area contributed by atoms with Crippen molar-refractivity contribution in [2.75, 3.05) is 18.1 Å². The number of rotatable bonds is 5.